The lowest BCUT2D eigenvalue weighted by molar-refractivity contribution is -0.131. The van der Waals surface area contributed by atoms with E-state index in [0.717, 1.165) is 42.8 Å². The zero-order valence-electron chi connectivity index (χ0n) is 19.4. The molecule has 178 valence electrons. The Morgan fingerprint density at radius 3 is 2.65 bits per heavy atom. The Balaban J connectivity index is 1.46. The van der Waals surface area contributed by atoms with Crippen LogP contribution in [0.3, 0.4) is 0 Å². The summed E-state index contributed by atoms with van der Waals surface area (Å²) in [4.78, 5) is 34.9. The van der Waals surface area contributed by atoms with E-state index in [1.165, 1.54) is 12.8 Å². The first kappa shape index (κ1) is 22.7. The van der Waals surface area contributed by atoms with E-state index in [4.69, 9.17) is 21.3 Å². The first-order chi connectivity index (χ1) is 16.5. The van der Waals surface area contributed by atoms with Gasteiger partial charge >= 0.3 is 0 Å². The maximum atomic E-state index is 13.3. The van der Waals surface area contributed by atoms with Crippen LogP contribution in [-0.4, -0.2) is 53.0 Å². The second-order valence-corrected chi connectivity index (χ2v) is 9.50. The van der Waals surface area contributed by atoms with Gasteiger partial charge in [0.25, 0.3) is 0 Å². The molecule has 34 heavy (non-hydrogen) atoms. The van der Waals surface area contributed by atoms with Gasteiger partial charge in [-0.2, -0.15) is 0 Å². The van der Waals surface area contributed by atoms with Crippen molar-refractivity contribution in [2.75, 3.05) is 31.6 Å². The van der Waals surface area contributed by atoms with E-state index in [1.54, 1.807) is 30.2 Å². The van der Waals surface area contributed by atoms with Gasteiger partial charge in [0.2, 0.25) is 11.8 Å². The van der Waals surface area contributed by atoms with Gasteiger partial charge < -0.3 is 19.1 Å². The highest BCUT2D eigenvalue weighted by molar-refractivity contribution is 6.31. The molecular weight excluding hydrogens is 452 g/mol. The van der Waals surface area contributed by atoms with Crippen LogP contribution in [-0.2, 0) is 16.1 Å². The second-order valence-electron chi connectivity index (χ2n) is 9.06. The molecule has 0 bridgehead atoms. The van der Waals surface area contributed by atoms with E-state index in [-0.39, 0.29) is 24.3 Å². The van der Waals surface area contributed by atoms with Crippen LogP contribution in [0.2, 0.25) is 5.02 Å². The summed E-state index contributed by atoms with van der Waals surface area (Å²) in [6.07, 6.45) is 4.77. The molecule has 2 aromatic carbocycles. The number of methoxy groups -OCH3 is 1. The number of imidazole rings is 1. The Morgan fingerprint density at radius 2 is 1.88 bits per heavy atom. The highest BCUT2D eigenvalue weighted by atomic mass is 35.5. The predicted molar refractivity (Wildman–Crippen MR) is 132 cm³/mol. The van der Waals surface area contributed by atoms with Crippen molar-refractivity contribution in [2.45, 2.75) is 44.6 Å². The van der Waals surface area contributed by atoms with Crippen molar-refractivity contribution < 1.29 is 14.3 Å². The summed E-state index contributed by atoms with van der Waals surface area (Å²) in [6.45, 7) is 2.31. The number of nitrogens with zero attached hydrogens (tertiary/aromatic N) is 4. The van der Waals surface area contributed by atoms with Crippen LogP contribution in [0.25, 0.3) is 11.0 Å². The SMILES string of the molecule is COc1ccc(Cl)cc1N1C[C@H](c2nc3ccccc3n2CC(=O)N2CCCCCC2)CC1=O. The first-order valence-corrected chi connectivity index (χ1v) is 12.3. The fourth-order valence-corrected chi connectivity index (χ4v) is 5.28. The molecule has 0 radical (unpaired) electrons. The maximum Gasteiger partial charge on any atom is 0.242 e. The van der Waals surface area contributed by atoms with Crippen molar-refractivity contribution in [3.8, 4) is 5.75 Å². The van der Waals surface area contributed by atoms with Gasteiger partial charge in [0.05, 0.1) is 23.8 Å². The minimum atomic E-state index is -0.138. The van der Waals surface area contributed by atoms with Gasteiger partial charge in [0, 0.05) is 37.0 Å². The van der Waals surface area contributed by atoms with Crippen molar-refractivity contribution in [3.63, 3.8) is 0 Å². The monoisotopic (exact) mass is 480 g/mol. The number of hydrogen-bond acceptors (Lipinski definition) is 4. The van der Waals surface area contributed by atoms with E-state index in [2.05, 4.69) is 0 Å². The third-order valence-electron chi connectivity index (χ3n) is 6.86. The summed E-state index contributed by atoms with van der Waals surface area (Å²) in [5.41, 5.74) is 2.42. The number of ether oxygens (including phenoxy) is 1. The number of aromatic nitrogens is 2. The number of rotatable bonds is 5. The number of para-hydroxylation sites is 2. The van der Waals surface area contributed by atoms with Crippen LogP contribution in [0.1, 0.15) is 43.8 Å². The van der Waals surface area contributed by atoms with Gasteiger partial charge in [-0.05, 0) is 43.2 Å². The molecule has 1 atom stereocenters. The molecule has 2 saturated heterocycles. The summed E-state index contributed by atoms with van der Waals surface area (Å²) in [5.74, 6) is 1.34. The summed E-state index contributed by atoms with van der Waals surface area (Å²) < 4.78 is 7.49. The minimum absolute atomic E-state index is 0.0111. The first-order valence-electron chi connectivity index (χ1n) is 11.9. The fraction of sp³-hybridized carbons (Fsp3) is 0.423. The maximum absolute atomic E-state index is 13.3. The molecule has 0 N–H and O–H groups in total. The van der Waals surface area contributed by atoms with Gasteiger partial charge in [-0.25, -0.2) is 4.98 Å². The van der Waals surface area contributed by atoms with Crippen LogP contribution < -0.4 is 9.64 Å². The number of carbonyl (C=O) groups is 2. The number of anilines is 1. The lowest BCUT2D eigenvalue weighted by atomic mass is 10.1. The second kappa shape index (κ2) is 9.66. The lowest BCUT2D eigenvalue weighted by Crippen LogP contribution is -2.35. The lowest BCUT2D eigenvalue weighted by Gasteiger charge is -2.22. The van der Waals surface area contributed by atoms with Gasteiger partial charge in [-0.15, -0.1) is 0 Å². The van der Waals surface area contributed by atoms with Crippen LogP contribution in [0.15, 0.2) is 42.5 Å². The molecule has 1 aromatic heterocycles. The van der Waals surface area contributed by atoms with Crippen molar-refractivity contribution in [1.29, 1.82) is 0 Å². The Kier molecular flexibility index (Phi) is 6.46. The molecule has 0 saturated carbocycles. The molecule has 0 spiro atoms. The Labute approximate surface area is 204 Å². The topological polar surface area (TPSA) is 67.7 Å². The normalized spacial score (nSPS) is 19.0. The van der Waals surface area contributed by atoms with Gasteiger partial charge in [0.1, 0.15) is 18.1 Å². The molecule has 2 aliphatic rings. The van der Waals surface area contributed by atoms with E-state index in [0.29, 0.717) is 29.4 Å². The van der Waals surface area contributed by atoms with Crippen molar-refractivity contribution in [1.82, 2.24) is 14.5 Å². The zero-order chi connectivity index (χ0) is 23.7. The zero-order valence-corrected chi connectivity index (χ0v) is 20.1. The van der Waals surface area contributed by atoms with E-state index in [9.17, 15) is 9.59 Å². The largest absolute Gasteiger partial charge is 0.495 e. The van der Waals surface area contributed by atoms with Crippen molar-refractivity contribution >= 4 is 40.1 Å². The number of hydrogen-bond donors (Lipinski definition) is 0. The molecule has 7 nitrogen and oxygen atoms in total. The third kappa shape index (κ3) is 4.37. The predicted octanol–water partition coefficient (Wildman–Crippen LogP) is 4.62. The van der Waals surface area contributed by atoms with Gasteiger partial charge in [-0.3, -0.25) is 9.59 Å². The van der Waals surface area contributed by atoms with E-state index in [1.807, 2.05) is 33.7 Å². The summed E-state index contributed by atoms with van der Waals surface area (Å²) in [6, 6.07) is 13.1. The highest BCUT2D eigenvalue weighted by Crippen LogP contribution is 2.38. The average Bonchev–Trinajstić information content (AvgIpc) is 3.26. The number of halogens is 1. The van der Waals surface area contributed by atoms with Gasteiger partial charge in [0.15, 0.2) is 0 Å². The summed E-state index contributed by atoms with van der Waals surface area (Å²) in [5, 5.41) is 0.544. The van der Waals surface area contributed by atoms with Crippen molar-refractivity contribution in [2.24, 2.45) is 0 Å². The molecule has 3 heterocycles. The molecule has 2 aliphatic heterocycles. The molecule has 0 unspecified atom stereocenters. The van der Waals surface area contributed by atoms with Crippen molar-refractivity contribution in [3.05, 3.63) is 53.3 Å². The smallest absolute Gasteiger partial charge is 0.242 e. The van der Waals surface area contributed by atoms with Crippen LogP contribution in [0.4, 0.5) is 5.69 Å². The summed E-state index contributed by atoms with van der Waals surface area (Å²) >= 11 is 6.22. The van der Waals surface area contributed by atoms with E-state index >= 15 is 0 Å². The Hall–Kier alpha value is -3.06. The molecule has 8 heteroatoms. The number of benzene rings is 2. The molecular formula is C26H29ClN4O3. The molecule has 2 amide bonds. The van der Waals surface area contributed by atoms with E-state index < -0.39 is 0 Å². The van der Waals surface area contributed by atoms with Crippen LogP contribution in [0.5, 0.6) is 5.75 Å². The van der Waals surface area contributed by atoms with Crippen LogP contribution in [0, 0.1) is 0 Å². The molecule has 0 aliphatic carbocycles. The number of amides is 2. The van der Waals surface area contributed by atoms with Gasteiger partial charge in [-0.1, -0.05) is 36.6 Å². The standard InChI is InChI=1S/C26H29ClN4O3/c1-34-23-11-10-19(27)15-22(23)30-16-18(14-24(30)32)26-28-20-8-4-5-9-21(20)31(26)17-25(33)29-12-6-2-3-7-13-29/h4-5,8-11,15,18H,2-3,6-7,12-14,16-17H2,1H3/t18-/m1/s1. The molecule has 2 fully saturated rings. The molecule has 3 aromatic rings. The number of carbonyl (C=O) groups excluding carboxylic acids is 2. The van der Waals surface area contributed by atoms with Crippen LogP contribution >= 0.6 is 11.6 Å². The summed E-state index contributed by atoms with van der Waals surface area (Å²) in [7, 11) is 1.58. The highest BCUT2D eigenvalue weighted by Gasteiger charge is 2.36. The third-order valence-corrected chi connectivity index (χ3v) is 7.09. The Morgan fingerprint density at radius 1 is 1.12 bits per heavy atom. The number of likely N-dealkylation sites (tertiary alicyclic amines) is 1. The molecule has 5 rings (SSSR count). The number of fused-ring (bicyclic) bond motifs is 1. The minimum Gasteiger partial charge on any atom is -0.495 e. The average molecular weight is 481 g/mol. The Bertz CT molecular complexity index is 1220. The fourth-order valence-electron chi connectivity index (χ4n) is 5.11. The quantitative estimate of drug-likeness (QED) is 0.534.